The van der Waals surface area contributed by atoms with Crippen LogP contribution >= 0.6 is 0 Å². The molecule has 2 aliphatic rings. The van der Waals surface area contributed by atoms with Gasteiger partial charge in [0.05, 0.1) is 0 Å². The molecule has 0 amide bonds. The van der Waals surface area contributed by atoms with Crippen LogP contribution in [0.25, 0.3) is 0 Å². The summed E-state index contributed by atoms with van der Waals surface area (Å²) < 4.78 is 0. The van der Waals surface area contributed by atoms with Crippen molar-refractivity contribution < 1.29 is 4.79 Å². The topological polar surface area (TPSA) is 41.8 Å². The van der Waals surface area contributed by atoms with Crippen LogP contribution in [0.2, 0.25) is 0 Å². The molecule has 0 N–H and O–H groups in total. The Balaban J connectivity index is 2.14. The van der Waals surface area contributed by atoms with Crippen molar-refractivity contribution in [3.8, 4) is 0 Å². The molecule has 12 heavy (non-hydrogen) atoms. The van der Waals surface area contributed by atoms with E-state index < -0.39 is 0 Å². The van der Waals surface area contributed by atoms with E-state index >= 15 is 0 Å². The highest BCUT2D eigenvalue weighted by Gasteiger charge is 2.26. The fourth-order valence-electron chi connectivity index (χ4n) is 1.90. The summed E-state index contributed by atoms with van der Waals surface area (Å²) >= 11 is 0. The first-order valence-electron chi connectivity index (χ1n) is 4.50. The lowest BCUT2D eigenvalue weighted by atomic mass is 9.97. The van der Waals surface area contributed by atoms with E-state index in [1.54, 1.807) is 6.21 Å². The van der Waals surface area contributed by atoms with Gasteiger partial charge in [0.25, 0.3) is 0 Å². The minimum Gasteiger partial charge on any atom is -0.292 e. The van der Waals surface area contributed by atoms with Crippen LogP contribution in [-0.4, -0.2) is 17.7 Å². The first-order valence-corrected chi connectivity index (χ1v) is 4.50. The van der Waals surface area contributed by atoms with Crippen molar-refractivity contribution in [1.29, 1.82) is 0 Å². The normalized spacial score (nSPS) is 24.7. The van der Waals surface area contributed by atoms with E-state index in [0.29, 0.717) is 12.3 Å². The predicted octanol–water partition coefficient (Wildman–Crippen LogP) is 1.58. The van der Waals surface area contributed by atoms with Crippen molar-refractivity contribution in [1.82, 2.24) is 0 Å². The van der Waals surface area contributed by atoms with Crippen LogP contribution in [0, 0.1) is 5.92 Å². The smallest absolute Gasteiger partial charge is 0.184 e. The monoisotopic (exact) mass is 164 g/mol. The summed E-state index contributed by atoms with van der Waals surface area (Å²) in [7, 11) is 0. The SMILES string of the molecule is O=C1CC=NN=C1C1CCCC1. The molecule has 1 heterocycles. The van der Waals surface area contributed by atoms with Crippen LogP contribution in [-0.2, 0) is 4.79 Å². The predicted molar refractivity (Wildman–Crippen MR) is 47.5 cm³/mol. The minimum absolute atomic E-state index is 0.178. The van der Waals surface area contributed by atoms with E-state index in [4.69, 9.17) is 0 Å². The second kappa shape index (κ2) is 3.17. The molecule has 0 aromatic heterocycles. The Labute approximate surface area is 71.6 Å². The molecule has 1 aliphatic heterocycles. The Hall–Kier alpha value is -0.990. The van der Waals surface area contributed by atoms with E-state index in [2.05, 4.69) is 10.2 Å². The summed E-state index contributed by atoms with van der Waals surface area (Å²) in [5.74, 6) is 0.590. The van der Waals surface area contributed by atoms with Crippen molar-refractivity contribution in [3.63, 3.8) is 0 Å². The molecule has 0 bridgehead atoms. The zero-order valence-electron chi connectivity index (χ0n) is 6.99. The van der Waals surface area contributed by atoms with Crippen molar-refractivity contribution in [2.45, 2.75) is 32.1 Å². The van der Waals surface area contributed by atoms with Crippen molar-refractivity contribution in [2.24, 2.45) is 16.1 Å². The first-order chi connectivity index (χ1) is 5.88. The maximum Gasteiger partial charge on any atom is 0.184 e. The zero-order valence-corrected chi connectivity index (χ0v) is 6.99. The molecule has 0 unspecified atom stereocenters. The van der Waals surface area contributed by atoms with Crippen molar-refractivity contribution >= 4 is 17.7 Å². The molecule has 0 spiro atoms. The summed E-state index contributed by atoms with van der Waals surface area (Å²) in [6, 6.07) is 0. The number of Topliss-reactive ketones (excluding diaryl/α,β-unsaturated/α-hetero) is 1. The number of ketones is 1. The van der Waals surface area contributed by atoms with Gasteiger partial charge in [-0.1, -0.05) is 12.8 Å². The molecular weight excluding hydrogens is 152 g/mol. The Morgan fingerprint density at radius 1 is 1.33 bits per heavy atom. The van der Waals surface area contributed by atoms with E-state index in [1.807, 2.05) is 0 Å². The van der Waals surface area contributed by atoms with Gasteiger partial charge in [-0.15, -0.1) is 0 Å². The number of hydrogen-bond acceptors (Lipinski definition) is 3. The second-order valence-electron chi connectivity index (χ2n) is 3.39. The fraction of sp³-hybridized carbons (Fsp3) is 0.667. The van der Waals surface area contributed by atoms with Gasteiger partial charge in [-0.2, -0.15) is 10.2 Å². The molecule has 64 valence electrons. The Morgan fingerprint density at radius 2 is 2.08 bits per heavy atom. The molecule has 2 rings (SSSR count). The number of carbonyl (C=O) groups excluding carboxylic acids is 1. The summed E-state index contributed by atoms with van der Waals surface area (Å²) in [6.45, 7) is 0. The van der Waals surface area contributed by atoms with Crippen LogP contribution in [0.5, 0.6) is 0 Å². The lowest BCUT2D eigenvalue weighted by molar-refractivity contribution is -0.112. The molecule has 0 saturated heterocycles. The quantitative estimate of drug-likeness (QED) is 0.580. The van der Waals surface area contributed by atoms with Gasteiger partial charge in [-0.3, -0.25) is 4.79 Å². The van der Waals surface area contributed by atoms with Crippen molar-refractivity contribution in [2.75, 3.05) is 0 Å². The third-order valence-corrected chi connectivity index (χ3v) is 2.55. The highest BCUT2D eigenvalue weighted by Crippen LogP contribution is 2.27. The van der Waals surface area contributed by atoms with Crippen LogP contribution < -0.4 is 0 Å². The van der Waals surface area contributed by atoms with Crippen LogP contribution in [0.4, 0.5) is 0 Å². The van der Waals surface area contributed by atoms with Gasteiger partial charge in [-0.25, -0.2) is 0 Å². The van der Waals surface area contributed by atoms with E-state index in [1.165, 1.54) is 12.8 Å². The van der Waals surface area contributed by atoms with Gasteiger partial charge in [0.1, 0.15) is 5.71 Å². The Morgan fingerprint density at radius 3 is 2.75 bits per heavy atom. The van der Waals surface area contributed by atoms with Gasteiger partial charge in [0.15, 0.2) is 5.78 Å². The molecule has 3 heteroatoms. The lowest BCUT2D eigenvalue weighted by Crippen LogP contribution is -2.24. The average molecular weight is 164 g/mol. The minimum atomic E-state index is 0.178. The first kappa shape index (κ1) is 7.65. The Kier molecular flexibility index (Phi) is 2.02. The van der Waals surface area contributed by atoms with E-state index in [0.717, 1.165) is 18.6 Å². The second-order valence-corrected chi connectivity index (χ2v) is 3.39. The third-order valence-electron chi connectivity index (χ3n) is 2.55. The molecule has 0 atom stereocenters. The van der Waals surface area contributed by atoms with E-state index in [-0.39, 0.29) is 5.78 Å². The number of nitrogens with zero attached hydrogens (tertiary/aromatic N) is 2. The van der Waals surface area contributed by atoms with Crippen molar-refractivity contribution in [3.05, 3.63) is 0 Å². The van der Waals surface area contributed by atoms with Crippen LogP contribution in [0.15, 0.2) is 10.2 Å². The third kappa shape index (κ3) is 1.31. The van der Waals surface area contributed by atoms with Crippen LogP contribution in [0.3, 0.4) is 0 Å². The number of hydrogen-bond donors (Lipinski definition) is 0. The molecule has 1 saturated carbocycles. The maximum atomic E-state index is 11.4. The van der Waals surface area contributed by atoms with Crippen LogP contribution in [0.1, 0.15) is 32.1 Å². The maximum absolute atomic E-state index is 11.4. The van der Waals surface area contributed by atoms with Gasteiger partial charge < -0.3 is 0 Å². The summed E-state index contributed by atoms with van der Waals surface area (Å²) in [4.78, 5) is 11.4. The highest BCUT2D eigenvalue weighted by atomic mass is 16.1. The Bertz CT molecular complexity index is 249. The number of rotatable bonds is 1. The van der Waals surface area contributed by atoms with Gasteiger partial charge >= 0.3 is 0 Å². The molecule has 3 nitrogen and oxygen atoms in total. The number of carbonyl (C=O) groups is 1. The summed E-state index contributed by atoms with van der Waals surface area (Å²) in [6.07, 6.45) is 6.76. The molecule has 0 aromatic rings. The van der Waals surface area contributed by atoms with Gasteiger partial charge in [0.2, 0.25) is 0 Å². The molecule has 1 aliphatic carbocycles. The van der Waals surface area contributed by atoms with Gasteiger partial charge in [-0.05, 0) is 12.8 Å². The summed E-state index contributed by atoms with van der Waals surface area (Å²) in [5, 5.41) is 7.72. The lowest BCUT2D eigenvalue weighted by Gasteiger charge is -2.11. The largest absolute Gasteiger partial charge is 0.292 e. The zero-order chi connectivity index (χ0) is 8.39. The van der Waals surface area contributed by atoms with Gasteiger partial charge in [0, 0.05) is 18.6 Å². The highest BCUT2D eigenvalue weighted by molar-refractivity contribution is 6.43. The standard InChI is InChI=1S/C9H12N2O/c12-8-5-6-10-11-9(8)7-3-1-2-4-7/h6-7H,1-5H2. The molecule has 1 fully saturated rings. The molecule has 0 aromatic carbocycles. The fourth-order valence-corrected chi connectivity index (χ4v) is 1.90. The average Bonchev–Trinajstić information content (AvgIpc) is 2.57. The molecule has 0 radical (unpaired) electrons. The summed E-state index contributed by atoms with van der Waals surface area (Å²) in [5.41, 5.74) is 0.731. The molecular formula is C9H12N2O. The van der Waals surface area contributed by atoms with E-state index in [9.17, 15) is 4.79 Å².